The zero-order chi connectivity index (χ0) is 33.7. The van der Waals surface area contributed by atoms with Crippen molar-refractivity contribution in [2.24, 2.45) is 5.92 Å². The van der Waals surface area contributed by atoms with Crippen LogP contribution in [0.2, 0.25) is 0 Å². The lowest BCUT2D eigenvalue weighted by Gasteiger charge is -2.43. The first-order chi connectivity index (χ1) is 22.5. The van der Waals surface area contributed by atoms with Gasteiger partial charge in [-0.1, -0.05) is 6.92 Å². The van der Waals surface area contributed by atoms with Crippen molar-refractivity contribution in [3.05, 3.63) is 59.5 Å². The molecule has 2 aliphatic heterocycles. The maximum absolute atomic E-state index is 14.0. The minimum Gasteiger partial charge on any atom is -0.478 e. The summed E-state index contributed by atoms with van der Waals surface area (Å²) in [5, 5.41) is 3.04. The first-order valence-electron chi connectivity index (χ1n) is 15.9. The fourth-order valence-corrected chi connectivity index (χ4v) is 6.05. The second-order valence-electron chi connectivity index (χ2n) is 11.6. The highest BCUT2D eigenvalue weighted by molar-refractivity contribution is 5.99. The Bertz CT molecular complexity index is 1580. The summed E-state index contributed by atoms with van der Waals surface area (Å²) < 4.78 is 52.8. The number of ether oxygens (including phenoxy) is 2. The number of halogens is 3. The van der Waals surface area contributed by atoms with E-state index in [1.807, 2.05) is 37.9 Å². The predicted molar refractivity (Wildman–Crippen MR) is 170 cm³/mol. The molecule has 3 aromatic heterocycles. The van der Waals surface area contributed by atoms with E-state index >= 15 is 0 Å². The Labute approximate surface area is 272 Å². The van der Waals surface area contributed by atoms with Crippen LogP contribution >= 0.6 is 0 Å². The van der Waals surface area contributed by atoms with E-state index in [1.165, 1.54) is 11.0 Å². The van der Waals surface area contributed by atoms with Gasteiger partial charge in [0.1, 0.15) is 0 Å². The highest BCUT2D eigenvalue weighted by atomic mass is 19.4. The normalized spacial score (nSPS) is 17.3. The Balaban J connectivity index is 1.44. The molecule has 0 spiro atoms. The summed E-state index contributed by atoms with van der Waals surface area (Å²) in [5.74, 6) is -0.544. The third-order valence-electron chi connectivity index (χ3n) is 8.32. The second kappa shape index (κ2) is 14.5. The molecule has 1 N–H and O–H groups in total. The molecular formula is C33H40F3N7O4. The van der Waals surface area contributed by atoms with Gasteiger partial charge >= 0.3 is 6.18 Å². The molecule has 0 unspecified atom stereocenters. The molecule has 1 atom stereocenters. The van der Waals surface area contributed by atoms with Gasteiger partial charge in [0.2, 0.25) is 11.8 Å². The summed E-state index contributed by atoms with van der Waals surface area (Å²) in [7, 11) is 2.02. The number of alkyl halides is 3. The molecule has 0 aromatic carbocycles. The highest BCUT2D eigenvalue weighted by Crippen LogP contribution is 2.35. The van der Waals surface area contributed by atoms with Gasteiger partial charge in [-0.05, 0) is 57.6 Å². The Kier molecular flexibility index (Phi) is 10.5. The van der Waals surface area contributed by atoms with Crippen LogP contribution in [0.5, 0.6) is 11.8 Å². The summed E-state index contributed by atoms with van der Waals surface area (Å²) in [6, 6.07) is 9.33. The van der Waals surface area contributed by atoms with Crippen LogP contribution in [-0.4, -0.2) is 102 Å². The van der Waals surface area contributed by atoms with E-state index in [0.29, 0.717) is 48.3 Å². The highest BCUT2D eigenvalue weighted by Gasteiger charge is 2.40. The SMILES string of the molecule is CCOc1ccc(C(=O)N2CCN(c3ccc(-c4cccnc4OCC)nc3C(=O)NCC3CN(C)C3)[C@H](CC)C2)c(C(F)(F)F)n1. The fraction of sp³-hybridized carbons (Fsp3) is 0.485. The number of nitrogens with one attached hydrogen (secondary N) is 1. The number of carbonyl (C=O) groups is 2. The van der Waals surface area contributed by atoms with Gasteiger partial charge in [0.05, 0.1) is 35.7 Å². The molecule has 14 heteroatoms. The van der Waals surface area contributed by atoms with Crippen LogP contribution in [0.1, 0.15) is 53.7 Å². The predicted octanol–water partition coefficient (Wildman–Crippen LogP) is 4.39. The Hall–Kier alpha value is -4.46. The third-order valence-corrected chi connectivity index (χ3v) is 8.32. The van der Waals surface area contributed by atoms with Crippen molar-refractivity contribution >= 4 is 17.5 Å². The number of pyridine rings is 3. The number of aromatic nitrogens is 3. The first kappa shape index (κ1) is 33.9. The van der Waals surface area contributed by atoms with E-state index in [0.717, 1.165) is 19.2 Å². The number of anilines is 1. The lowest BCUT2D eigenvalue weighted by Crippen LogP contribution is -2.55. The van der Waals surface area contributed by atoms with Crippen LogP contribution in [0, 0.1) is 5.92 Å². The standard InChI is InChI=1S/C33H40F3N7O4/c1-5-22-20-42(32(45)24-10-13-27(46-6-2)40-29(24)33(34,35)36)15-16-43(22)26-12-11-25(23-9-8-14-37-31(23)47-7-3)39-28(26)30(44)38-17-21-18-41(4)19-21/h8-14,21-22H,5-7,15-20H2,1-4H3,(H,38,44)/t22-/m1/s1. The molecule has 0 bridgehead atoms. The van der Waals surface area contributed by atoms with Crippen molar-refractivity contribution in [2.75, 3.05) is 64.4 Å². The molecule has 252 valence electrons. The number of nitrogens with zero attached hydrogens (tertiary/aromatic N) is 6. The minimum atomic E-state index is -4.84. The van der Waals surface area contributed by atoms with Crippen molar-refractivity contribution in [2.45, 2.75) is 39.4 Å². The van der Waals surface area contributed by atoms with Crippen LogP contribution in [0.25, 0.3) is 11.3 Å². The number of hydrogen-bond acceptors (Lipinski definition) is 9. The van der Waals surface area contributed by atoms with Gasteiger partial charge in [-0.25, -0.2) is 15.0 Å². The smallest absolute Gasteiger partial charge is 0.434 e. The number of carbonyl (C=O) groups excluding carboxylic acids is 2. The molecule has 47 heavy (non-hydrogen) atoms. The van der Waals surface area contributed by atoms with Crippen LogP contribution in [0.4, 0.5) is 18.9 Å². The van der Waals surface area contributed by atoms with Crippen LogP contribution in [0.3, 0.4) is 0 Å². The van der Waals surface area contributed by atoms with Gasteiger partial charge in [-0.15, -0.1) is 0 Å². The number of piperazine rings is 1. The van der Waals surface area contributed by atoms with E-state index in [1.54, 1.807) is 25.3 Å². The summed E-state index contributed by atoms with van der Waals surface area (Å²) in [6.07, 6.45) is -2.66. The van der Waals surface area contributed by atoms with Gasteiger partial charge in [0.15, 0.2) is 11.4 Å². The summed E-state index contributed by atoms with van der Waals surface area (Å²) >= 11 is 0. The molecule has 5 heterocycles. The van der Waals surface area contributed by atoms with Crippen LogP contribution in [0.15, 0.2) is 42.6 Å². The summed E-state index contributed by atoms with van der Waals surface area (Å²) in [5.41, 5.74) is 0.151. The average molecular weight is 656 g/mol. The largest absolute Gasteiger partial charge is 0.478 e. The minimum absolute atomic E-state index is 0.133. The van der Waals surface area contributed by atoms with E-state index in [9.17, 15) is 22.8 Å². The van der Waals surface area contributed by atoms with Crippen LogP contribution < -0.4 is 19.7 Å². The quantitative estimate of drug-likeness (QED) is 0.322. The zero-order valence-electron chi connectivity index (χ0n) is 27.0. The molecule has 0 aliphatic carbocycles. The van der Waals surface area contributed by atoms with Gasteiger partial charge in [-0.2, -0.15) is 13.2 Å². The van der Waals surface area contributed by atoms with Gasteiger partial charge in [0, 0.05) is 63.5 Å². The molecule has 2 fully saturated rings. The maximum atomic E-state index is 14.0. The van der Waals surface area contributed by atoms with Gasteiger partial charge < -0.3 is 29.5 Å². The van der Waals surface area contributed by atoms with E-state index in [4.69, 9.17) is 14.5 Å². The summed E-state index contributed by atoms with van der Waals surface area (Å²) in [4.78, 5) is 45.6. The molecule has 2 amide bonds. The van der Waals surface area contributed by atoms with Gasteiger partial charge in [-0.3, -0.25) is 9.59 Å². The molecule has 2 aliphatic rings. The van der Waals surface area contributed by atoms with E-state index in [-0.39, 0.29) is 49.8 Å². The van der Waals surface area contributed by atoms with Crippen molar-refractivity contribution in [1.29, 1.82) is 0 Å². The lowest BCUT2D eigenvalue weighted by molar-refractivity contribution is -0.141. The Morgan fingerprint density at radius 2 is 1.74 bits per heavy atom. The molecule has 2 saturated heterocycles. The molecule has 5 rings (SSSR count). The van der Waals surface area contributed by atoms with Crippen molar-refractivity contribution < 1.29 is 32.2 Å². The fourth-order valence-electron chi connectivity index (χ4n) is 6.05. The average Bonchev–Trinajstić information content (AvgIpc) is 3.05. The van der Waals surface area contributed by atoms with E-state index in [2.05, 4.69) is 20.2 Å². The Morgan fingerprint density at radius 1 is 0.979 bits per heavy atom. The van der Waals surface area contributed by atoms with Crippen molar-refractivity contribution in [1.82, 2.24) is 30.1 Å². The zero-order valence-corrected chi connectivity index (χ0v) is 27.0. The number of likely N-dealkylation sites (tertiary alicyclic amines) is 1. The molecule has 0 saturated carbocycles. The number of hydrogen-bond donors (Lipinski definition) is 1. The second-order valence-corrected chi connectivity index (χ2v) is 11.6. The number of rotatable bonds is 11. The topological polar surface area (TPSA) is 113 Å². The maximum Gasteiger partial charge on any atom is 0.434 e. The van der Waals surface area contributed by atoms with Crippen molar-refractivity contribution in [3.8, 4) is 23.0 Å². The van der Waals surface area contributed by atoms with Crippen LogP contribution in [-0.2, 0) is 6.18 Å². The molecule has 3 aromatic rings. The third kappa shape index (κ3) is 7.58. The Morgan fingerprint density at radius 3 is 2.43 bits per heavy atom. The van der Waals surface area contributed by atoms with E-state index < -0.39 is 23.3 Å². The molecular weight excluding hydrogens is 615 g/mol. The van der Waals surface area contributed by atoms with Crippen molar-refractivity contribution in [3.63, 3.8) is 0 Å². The summed E-state index contributed by atoms with van der Waals surface area (Å²) in [6.45, 7) is 8.82. The monoisotopic (exact) mass is 655 g/mol. The molecule has 11 nitrogen and oxygen atoms in total. The first-order valence-corrected chi connectivity index (χ1v) is 15.9. The lowest BCUT2D eigenvalue weighted by atomic mass is 10.0. The molecule has 0 radical (unpaired) electrons. The number of amides is 2. The van der Waals surface area contributed by atoms with Gasteiger partial charge in [0.25, 0.3) is 11.8 Å².